The molecule has 0 bridgehead atoms. The Labute approximate surface area is 104 Å². The third-order valence-corrected chi connectivity index (χ3v) is 2.66. The van der Waals surface area contributed by atoms with Crippen LogP contribution in [0, 0.1) is 0 Å². The highest BCUT2D eigenvalue weighted by atomic mass is 16.5. The molecule has 0 saturated carbocycles. The van der Waals surface area contributed by atoms with Crippen molar-refractivity contribution < 1.29 is 4.74 Å². The standard InChI is InChI=1S/C13H23N3O/c1-3-9-16(10-5-7-14)11-12-6-4-8-15-13(12)17-2/h4,6,8H,3,5,7,9-11,14H2,1-2H3. The van der Waals surface area contributed by atoms with E-state index in [4.69, 9.17) is 10.5 Å². The van der Waals surface area contributed by atoms with E-state index in [2.05, 4.69) is 22.9 Å². The molecule has 2 N–H and O–H groups in total. The van der Waals surface area contributed by atoms with E-state index in [9.17, 15) is 0 Å². The Morgan fingerprint density at radius 2 is 2.24 bits per heavy atom. The fourth-order valence-electron chi connectivity index (χ4n) is 1.87. The van der Waals surface area contributed by atoms with Gasteiger partial charge in [-0.15, -0.1) is 0 Å². The van der Waals surface area contributed by atoms with Crippen molar-refractivity contribution in [1.82, 2.24) is 9.88 Å². The molecule has 0 aromatic carbocycles. The molecule has 0 spiro atoms. The molecule has 0 amide bonds. The third kappa shape index (κ3) is 4.71. The van der Waals surface area contributed by atoms with E-state index >= 15 is 0 Å². The second-order valence-corrected chi connectivity index (χ2v) is 4.09. The maximum atomic E-state index is 5.56. The summed E-state index contributed by atoms with van der Waals surface area (Å²) in [5, 5.41) is 0. The van der Waals surface area contributed by atoms with Crippen molar-refractivity contribution in [2.45, 2.75) is 26.3 Å². The van der Waals surface area contributed by atoms with Gasteiger partial charge in [0, 0.05) is 18.3 Å². The van der Waals surface area contributed by atoms with Gasteiger partial charge in [-0.2, -0.15) is 0 Å². The van der Waals surface area contributed by atoms with Crippen molar-refractivity contribution in [3.63, 3.8) is 0 Å². The zero-order valence-corrected chi connectivity index (χ0v) is 10.9. The molecule has 0 saturated heterocycles. The summed E-state index contributed by atoms with van der Waals surface area (Å²) in [5.41, 5.74) is 6.70. The largest absolute Gasteiger partial charge is 0.481 e. The second-order valence-electron chi connectivity index (χ2n) is 4.09. The first-order valence-corrected chi connectivity index (χ1v) is 6.22. The highest BCUT2D eigenvalue weighted by molar-refractivity contribution is 5.25. The molecular weight excluding hydrogens is 214 g/mol. The molecule has 1 aromatic heterocycles. The summed E-state index contributed by atoms with van der Waals surface area (Å²) < 4.78 is 5.27. The molecule has 4 nitrogen and oxygen atoms in total. The first-order chi connectivity index (χ1) is 8.31. The summed E-state index contributed by atoms with van der Waals surface area (Å²) in [6.07, 6.45) is 3.93. The average molecular weight is 237 g/mol. The van der Waals surface area contributed by atoms with Gasteiger partial charge in [0.2, 0.25) is 5.88 Å². The molecule has 0 radical (unpaired) electrons. The van der Waals surface area contributed by atoms with Crippen molar-refractivity contribution in [3.8, 4) is 5.88 Å². The Morgan fingerprint density at radius 3 is 2.88 bits per heavy atom. The van der Waals surface area contributed by atoms with Crippen LogP contribution in [0.4, 0.5) is 0 Å². The van der Waals surface area contributed by atoms with Gasteiger partial charge in [0.25, 0.3) is 0 Å². The van der Waals surface area contributed by atoms with Crippen LogP contribution in [0.25, 0.3) is 0 Å². The molecule has 0 aliphatic carbocycles. The highest BCUT2D eigenvalue weighted by Gasteiger charge is 2.09. The van der Waals surface area contributed by atoms with Gasteiger partial charge in [0.1, 0.15) is 0 Å². The van der Waals surface area contributed by atoms with E-state index in [0.717, 1.165) is 50.5 Å². The van der Waals surface area contributed by atoms with Crippen LogP contribution in [-0.2, 0) is 6.54 Å². The zero-order chi connectivity index (χ0) is 12.5. The lowest BCUT2D eigenvalue weighted by Crippen LogP contribution is -2.27. The minimum Gasteiger partial charge on any atom is -0.481 e. The van der Waals surface area contributed by atoms with E-state index in [1.165, 1.54) is 0 Å². The molecule has 0 unspecified atom stereocenters. The number of hydrogen-bond acceptors (Lipinski definition) is 4. The van der Waals surface area contributed by atoms with Gasteiger partial charge in [0.05, 0.1) is 7.11 Å². The molecular formula is C13H23N3O. The maximum Gasteiger partial charge on any atom is 0.217 e. The second kappa shape index (κ2) is 8.03. The lowest BCUT2D eigenvalue weighted by Gasteiger charge is -2.22. The van der Waals surface area contributed by atoms with E-state index < -0.39 is 0 Å². The number of rotatable bonds is 8. The first-order valence-electron chi connectivity index (χ1n) is 6.22. The van der Waals surface area contributed by atoms with Crippen LogP contribution in [-0.4, -0.2) is 36.6 Å². The molecule has 0 aliphatic heterocycles. The SMILES string of the molecule is CCCN(CCCN)Cc1cccnc1OC. The van der Waals surface area contributed by atoms with E-state index in [1.807, 2.05) is 6.07 Å². The van der Waals surface area contributed by atoms with Gasteiger partial charge >= 0.3 is 0 Å². The number of nitrogens with zero attached hydrogens (tertiary/aromatic N) is 2. The Morgan fingerprint density at radius 1 is 1.41 bits per heavy atom. The monoisotopic (exact) mass is 237 g/mol. The minimum absolute atomic E-state index is 0.723. The quantitative estimate of drug-likeness (QED) is 0.747. The Hall–Kier alpha value is -1.13. The van der Waals surface area contributed by atoms with E-state index in [0.29, 0.717) is 0 Å². The van der Waals surface area contributed by atoms with Crippen LogP contribution < -0.4 is 10.5 Å². The number of pyridine rings is 1. The maximum absolute atomic E-state index is 5.56. The molecule has 1 heterocycles. The molecule has 0 atom stereocenters. The first kappa shape index (κ1) is 13.9. The lowest BCUT2D eigenvalue weighted by atomic mass is 10.2. The number of aromatic nitrogens is 1. The predicted molar refractivity (Wildman–Crippen MR) is 70.0 cm³/mol. The molecule has 96 valence electrons. The average Bonchev–Trinajstić information content (AvgIpc) is 2.37. The summed E-state index contributed by atoms with van der Waals surface area (Å²) in [4.78, 5) is 6.61. The van der Waals surface area contributed by atoms with Crippen LogP contribution in [0.1, 0.15) is 25.3 Å². The Kier molecular flexibility index (Phi) is 6.58. The predicted octanol–water partition coefficient (Wildman–Crippen LogP) is 1.65. The van der Waals surface area contributed by atoms with Gasteiger partial charge in [-0.05, 0) is 38.5 Å². The van der Waals surface area contributed by atoms with Gasteiger partial charge in [-0.25, -0.2) is 4.98 Å². The third-order valence-electron chi connectivity index (χ3n) is 2.66. The lowest BCUT2D eigenvalue weighted by molar-refractivity contribution is 0.258. The van der Waals surface area contributed by atoms with Crippen LogP contribution >= 0.6 is 0 Å². The summed E-state index contributed by atoms with van der Waals surface area (Å²) in [6.45, 7) is 5.92. The van der Waals surface area contributed by atoms with E-state index in [1.54, 1.807) is 13.3 Å². The van der Waals surface area contributed by atoms with Gasteiger partial charge in [0.15, 0.2) is 0 Å². The van der Waals surface area contributed by atoms with Gasteiger partial charge in [-0.3, -0.25) is 4.90 Å². The normalized spacial score (nSPS) is 10.8. The minimum atomic E-state index is 0.723. The van der Waals surface area contributed by atoms with Crippen molar-refractivity contribution in [1.29, 1.82) is 0 Å². The van der Waals surface area contributed by atoms with Gasteiger partial charge < -0.3 is 10.5 Å². The summed E-state index contributed by atoms with van der Waals surface area (Å²) in [7, 11) is 1.66. The molecule has 0 fully saturated rings. The van der Waals surface area contributed by atoms with Crippen molar-refractivity contribution in [2.75, 3.05) is 26.7 Å². The molecule has 0 aliphatic rings. The molecule has 1 rings (SSSR count). The Balaban J connectivity index is 2.63. The number of nitrogens with two attached hydrogens (primary N) is 1. The van der Waals surface area contributed by atoms with Crippen molar-refractivity contribution in [3.05, 3.63) is 23.9 Å². The number of ether oxygens (including phenoxy) is 1. The summed E-state index contributed by atoms with van der Waals surface area (Å²) >= 11 is 0. The highest BCUT2D eigenvalue weighted by Crippen LogP contribution is 2.16. The molecule has 1 aromatic rings. The zero-order valence-electron chi connectivity index (χ0n) is 10.9. The number of hydrogen-bond donors (Lipinski definition) is 1. The van der Waals surface area contributed by atoms with Crippen molar-refractivity contribution in [2.24, 2.45) is 5.73 Å². The summed E-state index contributed by atoms with van der Waals surface area (Å²) in [5.74, 6) is 0.723. The fraction of sp³-hybridized carbons (Fsp3) is 0.615. The smallest absolute Gasteiger partial charge is 0.217 e. The van der Waals surface area contributed by atoms with Crippen LogP contribution in [0.3, 0.4) is 0 Å². The van der Waals surface area contributed by atoms with Crippen molar-refractivity contribution >= 4 is 0 Å². The summed E-state index contributed by atoms with van der Waals surface area (Å²) in [6, 6.07) is 4.02. The van der Waals surface area contributed by atoms with Crippen LogP contribution in [0.15, 0.2) is 18.3 Å². The van der Waals surface area contributed by atoms with E-state index in [-0.39, 0.29) is 0 Å². The molecule has 17 heavy (non-hydrogen) atoms. The van der Waals surface area contributed by atoms with Crippen LogP contribution in [0.2, 0.25) is 0 Å². The fourth-order valence-corrected chi connectivity index (χ4v) is 1.87. The van der Waals surface area contributed by atoms with Gasteiger partial charge in [-0.1, -0.05) is 13.0 Å². The number of methoxy groups -OCH3 is 1. The van der Waals surface area contributed by atoms with Crippen LogP contribution in [0.5, 0.6) is 5.88 Å². The topological polar surface area (TPSA) is 51.4 Å². The molecule has 4 heteroatoms. The Bertz CT molecular complexity index is 317.